The Balaban J connectivity index is 2.11. The highest BCUT2D eigenvalue weighted by molar-refractivity contribution is 7.12. The molecule has 1 N–H and O–H groups in total. The van der Waals surface area contributed by atoms with Crippen molar-refractivity contribution in [3.8, 4) is 0 Å². The second-order valence-corrected chi connectivity index (χ2v) is 6.32. The van der Waals surface area contributed by atoms with E-state index in [1.807, 2.05) is 11.3 Å². The molecule has 4 nitrogen and oxygen atoms in total. The third kappa shape index (κ3) is 8.53. The minimum absolute atomic E-state index is 0.657. The van der Waals surface area contributed by atoms with Gasteiger partial charge in [0.25, 0.3) is 0 Å². The summed E-state index contributed by atoms with van der Waals surface area (Å²) in [5.74, 6) is 0. The number of methoxy groups -OCH3 is 1. The lowest BCUT2D eigenvalue weighted by molar-refractivity contribution is 0.0483. The standard InChI is InChI=1S/C16H29NO3S/c1-4-6-17-12-16-11-15(14(2)21-16)13-20-8-5-7-19-10-9-18-3/h11,17H,4-10,12-13H2,1-3H3. The second kappa shape index (κ2) is 12.1. The van der Waals surface area contributed by atoms with Gasteiger partial charge in [-0.3, -0.25) is 0 Å². The topological polar surface area (TPSA) is 39.7 Å². The molecule has 0 atom stereocenters. The fraction of sp³-hybridized carbons (Fsp3) is 0.750. The first-order valence-electron chi connectivity index (χ1n) is 7.71. The maximum Gasteiger partial charge on any atom is 0.0727 e. The van der Waals surface area contributed by atoms with Crippen molar-refractivity contribution in [3.63, 3.8) is 0 Å². The van der Waals surface area contributed by atoms with Crippen molar-refractivity contribution in [1.82, 2.24) is 5.32 Å². The molecule has 0 radical (unpaired) electrons. The maximum absolute atomic E-state index is 5.72. The molecule has 5 heteroatoms. The molecule has 0 bridgehead atoms. The van der Waals surface area contributed by atoms with E-state index in [9.17, 15) is 0 Å². The molecule has 122 valence electrons. The summed E-state index contributed by atoms with van der Waals surface area (Å²) in [4.78, 5) is 2.75. The third-order valence-electron chi connectivity index (χ3n) is 3.06. The van der Waals surface area contributed by atoms with Crippen LogP contribution in [0, 0.1) is 6.92 Å². The first-order valence-corrected chi connectivity index (χ1v) is 8.53. The van der Waals surface area contributed by atoms with Gasteiger partial charge in [0, 0.05) is 36.6 Å². The van der Waals surface area contributed by atoms with Crippen LogP contribution in [0.25, 0.3) is 0 Å². The van der Waals surface area contributed by atoms with Crippen LogP contribution < -0.4 is 5.32 Å². The molecule has 0 saturated heterocycles. The molecule has 21 heavy (non-hydrogen) atoms. The Labute approximate surface area is 132 Å². The van der Waals surface area contributed by atoms with Crippen molar-refractivity contribution >= 4 is 11.3 Å². The molecule has 0 saturated carbocycles. The van der Waals surface area contributed by atoms with E-state index in [1.165, 1.54) is 21.7 Å². The minimum Gasteiger partial charge on any atom is -0.382 e. The van der Waals surface area contributed by atoms with E-state index in [-0.39, 0.29) is 0 Å². The monoisotopic (exact) mass is 315 g/mol. The Hall–Kier alpha value is -0.460. The number of hydrogen-bond acceptors (Lipinski definition) is 5. The first kappa shape index (κ1) is 18.6. The summed E-state index contributed by atoms with van der Waals surface area (Å²) in [5.41, 5.74) is 1.31. The van der Waals surface area contributed by atoms with Gasteiger partial charge in [0.15, 0.2) is 0 Å². The van der Waals surface area contributed by atoms with Crippen LogP contribution in [-0.2, 0) is 27.4 Å². The van der Waals surface area contributed by atoms with Gasteiger partial charge < -0.3 is 19.5 Å². The van der Waals surface area contributed by atoms with Crippen LogP contribution in [0.4, 0.5) is 0 Å². The quantitative estimate of drug-likeness (QED) is 0.568. The van der Waals surface area contributed by atoms with Gasteiger partial charge in [0.1, 0.15) is 0 Å². The zero-order chi connectivity index (χ0) is 15.3. The predicted molar refractivity (Wildman–Crippen MR) is 88.0 cm³/mol. The third-order valence-corrected chi connectivity index (χ3v) is 4.16. The minimum atomic E-state index is 0.657. The van der Waals surface area contributed by atoms with Gasteiger partial charge in [-0.2, -0.15) is 0 Å². The highest BCUT2D eigenvalue weighted by atomic mass is 32.1. The lowest BCUT2D eigenvalue weighted by Crippen LogP contribution is -2.12. The maximum atomic E-state index is 5.72. The van der Waals surface area contributed by atoms with Gasteiger partial charge >= 0.3 is 0 Å². The van der Waals surface area contributed by atoms with Crippen molar-refractivity contribution in [2.24, 2.45) is 0 Å². The molecular weight excluding hydrogens is 286 g/mol. The van der Waals surface area contributed by atoms with Crippen LogP contribution in [0.5, 0.6) is 0 Å². The first-order chi connectivity index (χ1) is 10.3. The van der Waals surface area contributed by atoms with Crippen LogP contribution in [0.15, 0.2) is 6.07 Å². The molecule has 0 spiro atoms. The lowest BCUT2D eigenvalue weighted by Gasteiger charge is -2.05. The number of aryl methyl sites for hydroxylation is 1. The van der Waals surface area contributed by atoms with Crippen LogP contribution >= 0.6 is 11.3 Å². The van der Waals surface area contributed by atoms with E-state index in [0.29, 0.717) is 19.8 Å². The molecule has 1 rings (SSSR count). The molecule has 1 aromatic rings. The molecule has 0 aliphatic carbocycles. The number of thiophene rings is 1. The number of nitrogens with one attached hydrogen (secondary N) is 1. The fourth-order valence-corrected chi connectivity index (χ4v) is 2.91. The van der Waals surface area contributed by atoms with Crippen LogP contribution in [0.1, 0.15) is 35.1 Å². The van der Waals surface area contributed by atoms with Gasteiger partial charge in [-0.25, -0.2) is 0 Å². The van der Waals surface area contributed by atoms with E-state index in [4.69, 9.17) is 14.2 Å². The van der Waals surface area contributed by atoms with Gasteiger partial charge in [-0.15, -0.1) is 11.3 Å². The molecule has 0 fully saturated rings. The van der Waals surface area contributed by atoms with Gasteiger partial charge in [0.2, 0.25) is 0 Å². The SMILES string of the molecule is CCCNCc1cc(COCCCOCCOC)c(C)s1. The van der Waals surface area contributed by atoms with E-state index < -0.39 is 0 Å². The van der Waals surface area contributed by atoms with Crippen molar-refractivity contribution in [3.05, 3.63) is 21.4 Å². The lowest BCUT2D eigenvalue weighted by atomic mass is 10.2. The molecule has 0 aromatic carbocycles. The highest BCUT2D eigenvalue weighted by Crippen LogP contribution is 2.22. The molecule has 1 heterocycles. The van der Waals surface area contributed by atoms with Crippen LogP contribution in [0.2, 0.25) is 0 Å². The summed E-state index contributed by atoms with van der Waals surface area (Å²) >= 11 is 1.86. The Kier molecular flexibility index (Phi) is 10.7. The zero-order valence-electron chi connectivity index (χ0n) is 13.6. The number of rotatable bonds is 13. The smallest absolute Gasteiger partial charge is 0.0727 e. The highest BCUT2D eigenvalue weighted by Gasteiger charge is 2.05. The summed E-state index contributed by atoms with van der Waals surface area (Å²) in [6.45, 7) is 9.89. The van der Waals surface area contributed by atoms with Gasteiger partial charge in [0.05, 0.1) is 19.8 Å². The number of ether oxygens (including phenoxy) is 3. The summed E-state index contributed by atoms with van der Waals surface area (Å²) in [7, 11) is 1.68. The van der Waals surface area contributed by atoms with E-state index in [2.05, 4.69) is 25.2 Å². The predicted octanol–water partition coefficient (Wildman–Crippen LogP) is 3.13. The summed E-state index contributed by atoms with van der Waals surface area (Å²) in [6, 6.07) is 2.26. The van der Waals surface area contributed by atoms with E-state index in [0.717, 1.165) is 32.7 Å². The van der Waals surface area contributed by atoms with Crippen molar-refractivity contribution in [2.75, 3.05) is 40.1 Å². The van der Waals surface area contributed by atoms with Crippen LogP contribution in [0.3, 0.4) is 0 Å². The van der Waals surface area contributed by atoms with Crippen molar-refractivity contribution in [2.45, 2.75) is 39.8 Å². The van der Waals surface area contributed by atoms with E-state index in [1.54, 1.807) is 7.11 Å². The Morgan fingerprint density at radius 2 is 1.95 bits per heavy atom. The molecule has 1 aromatic heterocycles. The molecule has 0 amide bonds. The van der Waals surface area contributed by atoms with Crippen molar-refractivity contribution in [1.29, 1.82) is 0 Å². The fourth-order valence-electron chi connectivity index (χ4n) is 1.90. The van der Waals surface area contributed by atoms with Gasteiger partial charge in [-0.1, -0.05) is 6.92 Å². The molecule has 0 aliphatic heterocycles. The average molecular weight is 315 g/mol. The van der Waals surface area contributed by atoms with E-state index >= 15 is 0 Å². The Bertz CT molecular complexity index is 368. The van der Waals surface area contributed by atoms with Gasteiger partial charge in [-0.05, 0) is 37.9 Å². The molecular formula is C16H29NO3S. The second-order valence-electron chi connectivity index (χ2n) is 4.98. The summed E-state index contributed by atoms with van der Waals surface area (Å²) in [6.07, 6.45) is 2.10. The Morgan fingerprint density at radius 3 is 2.71 bits per heavy atom. The molecule has 0 aliphatic rings. The zero-order valence-corrected chi connectivity index (χ0v) is 14.4. The average Bonchev–Trinajstić information content (AvgIpc) is 2.82. The van der Waals surface area contributed by atoms with Crippen LogP contribution in [-0.4, -0.2) is 40.1 Å². The summed E-state index contributed by atoms with van der Waals surface area (Å²) in [5, 5.41) is 3.44. The molecule has 0 unspecified atom stereocenters. The number of hydrogen-bond donors (Lipinski definition) is 1. The largest absolute Gasteiger partial charge is 0.382 e. The van der Waals surface area contributed by atoms with Crippen molar-refractivity contribution < 1.29 is 14.2 Å². The normalized spacial score (nSPS) is 11.2. The Morgan fingerprint density at radius 1 is 1.14 bits per heavy atom. The summed E-state index contributed by atoms with van der Waals surface area (Å²) < 4.78 is 16.0.